The van der Waals surface area contributed by atoms with Crippen molar-refractivity contribution in [1.29, 1.82) is 0 Å². The number of nitrogens with one attached hydrogen (secondary N) is 1. The van der Waals surface area contributed by atoms with Crippen LogP contribution in [0.4, 0.5) is 0 Å². The SMILES string of the molecule is CC(C)C(CCO)NC(=O)C1C2CCC(C2)C1N. The molecule has 0 aromatic carbocycles. The number of carbonyl (C=O) groups excluding carboxylic acids is 1. The van der Waals surface area contributed by atoms with Crippen LogP contribution in [0.3, 0.4) is 0 Å². The molecule has 1 amide bonds. The van der Waals surface area contributed by atoms with Crippen LogP contribution in [0.2, 0.25) is 0 Å². The first kappa shape index (κ1) is 13.8. The van der Waals surface area contributed by atoms with Gasteiger partial charge in [-0.1, -0.05) is 13.8 Å². The Hall–Kier alpha value is -0.610. The molecule has 2 aliphatic carbocycles. The predicted octanol–water partition coefficient (Wildman–Crippen LogP) is 0.883. The monoisotopic (exact) mass is 254 g/mol. The molecule has 0 aromatic heterocycles. The molecule has 2 bridgehead atoms. The molecular formula is C14H26N2O2. The maximum atomic E-state index is 12.4. The number of nitrogens with two attached hydrogens (primary N) is 1. The van der Waals surface area contributed by atoms with Crippen molar-refractivity contribution in [2.75, 3.05) is 6.61 Å². The third kappa shape index (κ3) is 2.54. The highest BCUT2D eigenvalue weighted by molar-refractivity contribution is 5.80. The zero-order valence-corrected chi connectivity index (χ0v) is 11.4. The number of aliphatic hydroxyl groups excluding tert-OH is 1. The molecule has 0 radical (unpaired) electrons. The van der Waals surface area contributed by atoms with Gasteiger partial charge < -0.3 is 16.2 Å². The van der Waals surface area contributed by atoms with Crippen LogP contribution in [0.1, 0.15) is 39.5 Å². The molecule has 2 saturated carbocycles. The number of rotatable bonds is 5. The molecule has 0 spiro atoms. The van der Waals surface area contributed by atoms with Crippen molar-refractivity contribution in [3.05, 3.63) is 0 Å². The van der Waals surface area contributed by atoms with E-state index in [1.165, 1.54) is 6.42 Å². The molecule has 4 N–H and O–H groups in total. The van der Waals surface area contributed by atoms with Crippen LogP contribution in [0.5, 0.6) is 0 Å². The molecule has 2 aliphatic rings. The van der Waals surface area contributed by atoms with Crippen molar-refractivity contribution >= 4 is 5.91 Å². The highest BCUT2D eigenvalue weighted by Crippen LogP contribution is 2.47. The summed E-state index contributed by atoms with van der Waals surface area (Å²) in [4.78, 5) is 12.4. The highest BCUT2D eigenvalue weighted by Gasteiger charge is 2.49. The summed E-state index contributed by atoms with van der Waals surface area (Å²) < 4.78 is 0. The quantitative estimate of drug-likeness (QED) is 0.682. The summed E-state index contributed by atoms with van der Waals surface area (Å²) in [5.74, 6) is 1.51. The van der Waals surface area contributed by atoms with E-state index in [0.717, 1.165) is 12.8 Å². The average Bonchev–Trinajstić information content (AvgIpc) is 2.88. The van der Waals surface area contributed by atoms with Crippen LogP contribution in [0, 0.1) is 23.7 Å². The first-order chi connectivity index (χ1) is 8.54. The van der Waals surface area contributed by atoms with E-state index in [4.69, 9.17) is 10.8 Å². The number of amides is 1. The minimum absolute atomic E-state index is 0.00342. The van der Waals surface area contributed by atoms with Gasteiger partial charge in [-0.25, -0.2) is 0 Å². The van der Waals surface area contributed by atoms with Gasteiger partial charge in [-0.2, -0.15) is 0 Å². The van der Waals surface area contributed by atoms with E-state index in [-0.39, 0.29) is 30.5 Å². The van der Waals surface area contributed by atoms with Crippen molar-refractivity contribution in [2.24, 2.45) is 29.4 Å². The smallest absolute Gasteiger partial charge is 0.225 e. The molecule has 18 heavy (non-hydrogen) atoms. The van der Waals surface area contributed by atoms with Crippen molar-refractivity contribution in [2.45, 2.75) is 51.6 Å². The summed E-state index contributed by atoms with van der Waals surface area (Å²) in [7, 11) is 0. The van der Waals surface area contributed by atoms with Gasteiger partial charge in [0.2, 0.25) is 5.91 Å². The number of fused-ring (bicyclic) bond motifs is 2. The fourth-order valence-electron chi connectivity index (χ4n) is 3.72. The molecule has 5 unspecified atom stereocenters. The normalized spacial score (nSPS) is 36.1. The molecule has 2 fully saturated rings. The minimum Gasteiger partial charge on any atom is -0.396 e. The lowest BCUT2D eigenvalue weighted by Gasteiger charge is -2.30. The van der Waals surface area contributed by atoms with E-state index < -0.39 is 0 Å². The lowest BCUT2D eigenvalue weighted by atomic mass is 9.84. The lowest BCUT2D eigenvalue weighted by Crippen LogP contribution is -2.49. The maximum absolute atomic E-state index is 12.4. The van der Waals surface area contributed by atoms with E-state index in [0.29, 0.717) is 24.2 Å². The van der Waals surface area contributed by atoms with Crippen LogP contribution in [0.25, 0.3) is 0 Å². The van der Waals surface area contributed by atoms with Gasteiger partial charge in [0, 0.05) is 18.7 Å². The van der Waals surface area contributed by atoms with Gasteiger partial charge in [0.15, 0.2) is 0 Å². The Bertz CT molecular complexity index is 304. The van der Waals surface area contributed by atoms with Gasteiger partial charge in [-0.15, -0.1) is 0 Å². The minimum atomic E-state index is 0.00342. The molecule has 4 heteroatoms. The summed E-state index contributed by atoms with van der Waals surface area (Å²) in [6.07, 6.45) is 4.10. The molecule has 0 aromatic rings. The number of hydrogen-bond acceptors (Lipinski definition) is 3. The van der Waals surface area contributed by atoms with E-state index in [1.54, 1.807) is 0 Å². The number of aliphatic hydroxyl groups is 1. The van der Waals surface area contributed by atoms with Crippen LogP contribution >= 0.6 is 0 Å². The largest absolute Gasteiger partial charge is 0.396 e. The zero-order valence-electron chi connectivity index (χ0n) is 11.4. The Morgan fingerprint density at radius 3 is 2.56 bits per heavy atom. The Kier molecular flexibility index (Phi) is 4.28. The molecule has 104 valence electrons. The maximum Gasteiger partial charge on any atom is 0.225 e. The predicted molar refractivity (Wildman–Crippen MR) is 70.8 cm³/mol. The molecule has 0 saturated heterocycles. The highest BCUT2D eigenvalue weighted by atomic mass is 16.3. The first-order valence-corrected chi connectivity index (χ1v) is 7.21. The fraction of sp³-hybridized carbons (Fsp3) is 0.929. The van der Waals surface area contributed by atoms with E-state index in [9.17, 15) is 4.79 Å². The third-order valence-corrected chi connectivity index (χ3v) is 4.86. The van der Waals surface area contributed by atoms with Crippen LogP contribution in [-0.2, 0) is 4.79 Å². The molecule has 4 nitrogen and oxygen atoms in total. The standard InChI is InChI=1S/C14H26N2O2/c1-8(2)11(5-6-17)16-14(18)12-9-3-4-10(7-9)13(12)15/h8-13,17H,3-7,15H2,1-2H3,(H,16,18). The van der Waals surface area contributed by atoms with E-state index >= 15 is 0 Å². The lowest BCUT2D eigenvalue weighted by molar-refractivity contribution is -0.128. The Morgan fingerprint density at radius 1 is 1.39 bits per heavy atom. The van der Waals surface area contributed by atoms with Crippen molar-refractivity contribution in [3.8, 4) is 0 Å². The summed E-state index contributed by atoms with van der Waals surface area (Å²) >= 11 is 0. The first-order valence-electron chi connectivity index (χ1n) is 7.21. The van der Waals surface area contributed by atoms with Crippen molar-refractivity contribution in [3.63, 3.8) is 0 Å². The van der Waals surface area contributed by atoms with Gasteiger partial charge in [-0.3, -0.25) is 4.79 Å². The second-order valence-corrected chi connectivity index (χ2v) is 6.31. The van der Waals surface area contributed by atoms with Crippen LogP contribution in [-0.4, -0.2) is 29.7 Å². The summed E-state index contributed by atoms with van der Waals surface area (Å²) in [6, 6.07) is 0.111. The fourth-order valence-corrected chi connectivity index (χ4v) is 3.72. The van der Waals surface area contributed by atoms with Gasteiger partial charge >= 0.3 is 0 Å². The Morgan fingerprint density at radius 2 is 2.06 bits per heavy atom. The Balaban J connectivity index is 1.95. The van der Waals surface area contributed by atoms with Gasteiger partial charge in [0.05, 0.1) is 5.92 Å². The second kappa shape index (κ2) is 5.57. The summed E-state index contributed by atoms with van der Waals surface area (Å²) in [5, 5.41) is 12.1. The van der Waals surface area contributed by atoms with Crippen molar-refractivity contribution in [1.82, 2.24) is 5.32 Å². The molecule has 2 rings (SSSR count). The van der Waals surface area contributed by atoms with Gasteiger partial charge in [0.25, 0.3) is 0 Å². The molecular weight excluding hydrogens is 228 g/mol. The summed E-state index contributed by atoms with van der Waals surface area (Å²) in [5.41, 5.74) is 6.18. The number of hydrogen-bond donors (Lipinski definition) is 3. The molecule has 0 heterocycles. The van der Waals surface area contributed by atoms with Gasteiger partial charge in [-0.05, 0) is 43.4 Å². The van der Waals surface area contributed by atoms with E-state index in [1.807, 2.05) is 0 Å². The topological polar surface area (TPSA) is 75.3 Å². The third-order valence-electron chi connectivity index (χ3n) is 4.86. The van der Waals surface area contributed by atoms with E-state index in [2.05, 4.69) is 19.2 Å². The number of carbonyl (C=O) groups is 1. The molecule has 5 atom stereocenters. The van der Waals surface area contributed by atoms with Crippen molar-refractivity contribution < 1.29 is 9.90 Å². The molecule has 0 aliphatic heterocycles. The second-order valence-electron chi connectivity index (χ2n) is 6.31. The zero-order chi connectivity index (χ0) is 13.3. The van der Waals surface area contributed by atoms with Crippen LogP contribution in [0.15, 0.2) is 0 Å². The Labute approximate surface area is 109 Å². The summed E-state index contributed by atoms with van der Waals surface area (Å²) in [6.45, 7) is 4.26. The van der Waals surface area contributed by atoms with Gasteiger partial charge in [0.1, 0.15) is 0 Å². The average molecular weight is 254 g/mol. The van der Waals surface area contributed by atoms with Crippen LogP contribution < -0.4 is 11.1 Å².